The van der Waals surface area contributed by atoms with Gasteiger partial charge in [-0.15, -0.1) is 0 Å². The summed E-state index contributed by atoms with van der Waals surface area (Å²) in [4.78, 5) is 14.8. The molecule has 4 aromatic heterocycles. The molecule has 0 radical (unpaired) electrons. The molecular formula is C51H30N4O2. The zero-order valence-corrected chi connectivity index (χ0v) is 30.4. The molecular weight excluding hydrogens is 701 g/mol. The van der Waals surface area contributed by atoms with Crippen LogP contribution in [0.2, 0.25) is 0 Å². The van der Waals surface area contributed by atoms with Crippen LogP contribution in [0.25, 0.3) is 117 Å². The maximum atomic E-state index is 6.75. The van der Waals surface area contributed by atoms with E-state index in [-0.39, 0.29) is 0 Å². The molecule has 0 N–H and O–H groups in total. The van der Waals surface area contributed by atoms with Crippen LogP contribution in [0.3, 0.4) is 0 Å². The Hall–Kier alpha value is -7.83. The maximum Gasteiger partial charge on any atom is 0.178 e. The summed E-state index contributed by atoms with van der Waals surface area (Å²) in [5.41, 5.74) is 11.5. The molecule has 0 amide bonds. The first kappa shape index (κ1) is 31.5. The molecule has 57 heavy (non-hydrogen) atoms. The normalized spacial score (nSPS) is 11.9. The number of nitrogens with zero attached hydrogens (tertiary/aromatic N) is 4. The topological polar surface area (TPSA) is 69.9 Å². The molecule has 12 aromatic rings. The second-order valence-electron chi connectivity index (χ2n) is 14.4. The molecule has 6 nitrogen and oxygen atoms in total. The van der Waals surface area contributed by atoms with Gasteiger partial charge in [-0.25, -0.2) is 15.0 Å². The molecule has 266 valence electrons. The highest BCUT2D eigenvalue weighted by atomic mass is 16.4. The van der Waals surface area contributed by atoms with Crippen LogP contribution in [0.15, 0.2) is 191 Å². The van der Waals surface area contributed by atoms with Crippen molar-refractivity contribution in [1.29, 1.82) is 0 Å². The number of hydrogen-bond acceptors (Lipinski definition) is 5. The van der Waals surface area contributed by atoms with Crippen LogP contribution in [-0.4, -0.2) is 19.5 Å². The van der Waals surface area contributed by atoms with Gasteiger partial charge in [-0.1, -0.05) is 121 Å². The highest BCUT2D eigenvalue weighted by Gasteiger charge is 2.20. The van der Waals surface area contributed by atoms with Crippen molar-refractivity contribution in [3.8, 4) is 51.0 Å². The SMILES string of the molecule is c1ccc(-c2nc(-c3ccccc3)nc(-c3ccc(-n4c5ccccc5c5cc(-c6cccc7c6oc6c7ccc7c8ccccc8oc76)ccc54)cc3)n2)cc1. The number of furan rings is 2. The second kappa shape index (κ2) is 12.3. The zero-order valence-electron chi connectivity index (χ0n) is 30.4. The number of rotatable bonds is 5. The molecule has 0 saturated heterocycles. The highest BCUT2D eigenvalue weighted by Crippen LogP contribution is 2.43. The van der Waals surface area contributed by atoms with Gasteiger partial charge in [0.1, 0.15) is 11.2 Å². The molecule has 0 bridgehead atoms. The van der Waals surface area contributed by atoms with Crippen LogP contribution in [0.1, 0.15) is 0 Å². The van der Waals surface area contributed by atoms with Crippen LogP contribution < -0.4 is 0 Å². The second-order valence-corrected chi connectivity index (χ2v) is 14.4. The molecule has 4 heterocycles. The van der Waals surface area contributed by atoms with E-state index in [2.05, 4.69) is 108 Å². The van der Waals surface area contributed by atoms with Crippen LogP contribution in [0, 0.1) is 0 Å². The number of benzene rings is 8. The summed E-state index contributed by atoms with van der Waals surface area (Å²) in [6.07, 6.45) is 0. The fraction of sp³-hybridized carbons (Fsp3) is 0. The molecule has 8 aromatic carbocycles. The quantitative estimate of drug-likeness (QED) is 0.176. The lowest BCUT2D eigenvalue weighted by molar-refractivity contribution is 0.634. The van der Waals surface area contributed by atoms with E-state index in [1.54, 1.807) is 0 Å². The minimum absolute atomic E-state index is 0.627. The number of para-hydroxylation sites is 3. The van der Waals surface area contributed by atoms with E-state index in [9.17, 15) is 0 Å². The third-order valence-corrected chi connectivity index (χ3v) is 11.1. The average molecular weight is 731 g/mol. The Kier molecular flexibility index (Phi) is 6.83. The van der Waals surface area contributed by atoms with E-state index >= 15 is 0 Å². The molecule has 0 spiro atoms. The predicted molar refractivity (Wildman–Crippen MR) is 230 cm³/mol. The highest BCUT2D eigenvalue weighted by molar-refractivity contribution is 6.20. The van der Waals surface area contributed by atoms with Gasteiger partial charge in [-0.3, -0.25) is 0 Å². The van der Waals surface area contributed by atoms with Crippen molar-refractivity contribution in [1.82, 2.24) is 19.5 Å². The minimum atomic E-state index is 0.627. The molecule has 0 aliphatic rings. The van der Waals surface area contributed by atoms with E-state index in [4.69, 9.17) is 23.8 Å². The monoisotopic (exact) mass is 730 g/mol. The first-order valence-electron chi connectivity index (χ1n) is 19.0. The van der Waals surface area contributed by atoms with Crippen LogP contribution in [0.4, 0.5) is 0 Å². The van der Waals surface area contributed by atoms with Gasteiger partial charge in [0, 0.05) is 60.3 Å². The van der Waals surface area contributed by atoms with Gasteiger partial charge in [0.25, 0.3) is 0 Å². The van der Waals surface area contributed by atoms with Crippen molar-refractivity contribution >= 4 is 65.7 Å². The summed E-state index contributed by atoms with van der Waals surface area (Å²) in [6.45, 7) is 0. The Labute approximate surface area is 325 Å². The van der Waals surface area contributed by atoms with Crippen molar-refractivity contribution < 1.29 is 8.83 Å². The van der Waals surface area contributed by atoms with Gasteiger partial charge in [0.2, 0.25) is 0 Å². The van der Waals surface area contributed by atoms with Crippen molar-refractivity contribution in [3.05, 3.63) is 182 Å². The Morgan fingerprint density at radius 2 is 0.860 bits per heavy atom. The summed E-state index contributed by atoms with van der Waals surface area (Å²) in [5, 5.41) is 6.60. The fourth-order valence-electron chi connectivity index (χ4n) is 8.38. The summed E-state index contributed by atoms with van der Waals surface area (Å²) in [5.74, 6) is 1.91. The van der Waals surface area contributed by atoms with Crippen molar-refractivity contribution in [2.75, 3.05) is 0 Å². The van der Waals surface area contributed by atoms with Gasteiger partial charge < -0.3 is 13.4 Å². The van der Waals surface area contributed by atoms with E-state index in [0.29, 0.717) is 17.5 Å². The predicted octanol–water partition coefficient (Wildman–Crippen LogP) is 13.4. The molecule has 0 saturated carbocycles. The molecule has 0 unspecified atom stereocenters. The van der Waals surface area contributed by atoms with E-state index in [0.717, 1.165) is 93.8 Å². The third kappa shape index (κ3) is 4.94. The molecule has 0 aliphatic carbocycles. The lowest BCUT2D eigenvalue weighted by atomic mass is 10.00. The molecule has 0 aliphatic heterocycles. The summed E-state index contributed by atoms with van der Waals surface area (Å²) < 4.78 is 15.4. The molecule has 0 atom stereocenters. The van der Waals surface area contributed by atoms with Gasteiger partial charge in [0.05, 0.1) is 11.0 Å². The van der Waals surface area contributed by atoms with Gasteiger partial charge in [-0.05, 0) is 66.2 Å². The summed E-state index contributed by atoms with van der Waals surface area (Å²) in [7, 11) is 0. The van der Waals surface area contributed by atoms with E-state index < -0.39 is 0 Å². The third-order valence-electron chi connectivity index (χ3n) is 11.1. The number of aromatic nitrogens is 4. The first-order chi connectivity index (χ1) is 28.2. The average Bonchev–Trinajstić information content (AvgIpc) is 3.97. The number of hydrogen-bond donors (Lipinski definition) is 0. The van der Waals surface area contributed by atoms with Gasteiger partial charge in [0.15, 0.2) is 28.6 Å². The zero-order chi connectivity index (χ0) is 37.5. The smallest absolute Gasteiger partial charge is 0.178 e. The van der Waals surface area contributed by atoms with Crippen molar-refractivity contribution in [2.45, 2.75) is 0 Å². The molecule has 6 heteroatoms. The van der Waals surface area contributed by atoms with Crippen molar-refractivity contribution in [3.63, 3.8) is 0 Å². The Balaban J connectivity index is 0.975. The maximum absolute atomic E-state index is 6.75. The van der Waals surface area contributed by atoms with Crippen LogP contribution in [0.5, 0.6) is 0 Å². The van der Waals surface area contributed by atoms with E-state index in [1.165, 1.54) is 5.39 Å². The summed E-state index contributed by atoms with van der Waals surface area (Å²) >= 11 is 0. The molecule has 12 rings (SSSR count). The van der Waals surface area contributed by atoms with E-state index in [1.807, 2.05) is 78.9 Å². The molecule has 0 fully saturated rings. The summed E-state index contributed by atoms with van der Waals surface area (Å²) in [6, 6.07) is 62.8. The van der Waals surface area contributed by atoms with Crippen molar-refractivity contribution in [2.24, 2.45) is 0 Å². The minimum Gasteiger partial charge on any atom is -0.452 e. The fourth-order valence-corrected chi connectivity index (χ4v) is 8.38. The van der Waals surface area contributed by atoms with Gasteiger partial charge >= 0.3 is 0 Å². The Morgan fingerprint density at radius 1 is 0.333 bits per heavy atom. The standard InChI is InChI=1S/C51H30N4O2/c1-3-12-31(13-4-1)49-52-50(32-14-5-2-6-15-32)54-51(53-49)33-22-25-35(26-23-33)55-43-20-9-7-16-37(43)42-30-34(24-29-44(42)55)36-18-11-19-39-41-28-27-40-38-17-8-10-21-45(38)56-47(40)48(41)57-46(36)39/h1-30H. The Morgan fingerprint density at radius 3 is 1.58 bits per heavy atom. The Bertz CT molecular complexity index is 3450. The van der Waals surface area contributed by atoms with Crippen LogP contribution in [-0.2, 0) is 0 Å². The van der Waals surface area contributed by atoms with Gasteiger partial charge in [-0.2, -0.15) is 0 Å². The lowest BCUT2D eigenvalue weighted by Gasteiger charge is -2.11. The first-order valence-corrected chi connectivity index (χ1v) is 19.0. The number of fused-ring (bicyclic) bond motifs is 10. The van der Waals surface area contributed by atoms with Crippen LogP contribution >= 0.6 is 0 Å². The largest absolute Gasteiger partial charge is 0.452 e. The lowest BCUT2D eigenvalue weighted by Crippen LogP contribution is -2.00.